The van der Waals surface area contributed by atoms with Gasteiger partial charge in [0.1, 0.15) is 0 Å². The number of allylic oxidation sites excluding steroid dienone is 2. The van der Waals surface area contributed by atoms with Gasteiger partial charge in [-0.1, -0.05) is 31.9 Å². The average Bonchev–Trinajstić information content (AvgIpc) is 3.01. The van der Waals surface area contributed by atoms with Gasteiger partial charge in [-0.05, 0) is 37.0 Å². The Labute approximate surface area is 119 Å². The van der Waals surface area contributed by atoms with E-state index in [4.69, 9.17) is 0 Å². The maximum atomic E-state index is 12.6. The van der Waals surface area contributed by atoms with E-state index in [1.807, 2.05) is 12.2 Å². The molecular formula is C16H23NO3. The molecule has 0 aromatic heterocycles. The Morgan fingerprint density at radius 2 is 1.75 bits per heavy atom. The lowest BCUT2D eigenvalue weighted by molar-refractivity contribution is -0.148. The van der Waals surface area contributed by atoms with Crippen molar-refractivity contribution in [3.05, 3.63) is 12.2 Å². The van der Waals surface area contributed by atoms with Gasteiger partial charge in [-0.3, -0.25) is 9.59 Å². The average molecular weight is 277 g/mol. The molecule has 3 rings (SSSR count). The number of nitrogens with one attached hydrogen (secondary N) is 1. The van der Waals surface area contributed by atoms with E-state index in [0.717, 1.165) is 25.7 Å². The molecule has 0 aromatic rings. The molecule has 2 bridgehead atoms. The number of fused-ring (bicyclic) bond motifs is 2. The number of carboxylic acid groups (broad SMARTS) is 1. The van der Waals surface area contributed by atoms with E-state index in [1.165, 1.54) is 6.42 Å². The number of carboxylic acids is 1. The van der Waals surface area contributed by atoms with Crippen LogP contribution in [0.25, 0.3) is 0 Å². The highest BCUT2D eigenvalue weighted by Crippen LogP contribution is 2.48. The van der Waals surface area contributed by atoms with Gasteiger partial charge in [-0.15, -0.1) is 0 Å². The van der Waals surface area contributed by atoms with Gasteiger partial charge in [0.25, 0.3) is 0 Å². The van der Waals surface area contributed by atoms with E-state index < -0.39 is 11.9 Å². The molecule has 110 valence electrons. The number of rotatable bonds is 3. The van der Waals surface area contributed by atoms with Crippen LogP contribution in [0.15, 0.2) is 12.2 Å². The smallest absolute Gasteiger partial charge is 0.307 e. The minimum atomic E-state index is -0.821. The van der Waals surface area contributed by atoms with Gasteiger partial charge in [0.2, 0.25) is 5.91 Å². The molecule has 3 aliphatic rings. The third-order valence-corrected chi connectivity index (χ3v) is 5.49. The molecule has 0 saturated heterocycles. The van der Waals surface area contributed by atoms with Crippen molar-refractivity contribution in [3.63, 3.8) is 0 Å². The minimum Gasteiger partial charge on any atom is -0.481 e. The summed E-state index contributed by atoms with van der Waals surface area (Å²) in [4.78, 5) is 24.0. The van der Waals surface area contributed by atoms with Gasteiger partial charge in [-0.2, -0.15) is 0 Å². The molecule has 0 aliphatic heterocycles. The van der Waals surface area contributed by atoms with Crippen LogP contribution in [0.5, 0.6) is 0 Å². The lowest BCUT2D eigenvalue weighted by Crippen LogP contribution is -2.47. The van der Waals surface area contributed by atoms with Crippen LogP contribution < -0.4 is 5.32 Å². The molecule has 0 spiro atoms. The molecule has 4 unspecified atom stereocenters. The van der Waals surface area contributed by atoms with Crippen molar-refractivity contribution in [1.29, 1.82) is 0 Å². The molecule has 2 N–H and O–H groups in total. The van der Waals surface area contributed by atoms with E-state index in [0.29, 0.717) is 5.92 Å². The number of hydrogen-bond acceptors (Lipinski definition) is 2. The predicted molar refractivity (Wildman–Crippen MR) is 74.9 cm³/mol. The highest BCUT2D eigenvalue weighted by Gasteiger charge is 2.51. The minimum absolute atomic E-state index is 0.0343. The lowest BCUT2D eigenvalue weighted by atomic mass is 9.81. The molecular weight excluding hydrogens is 254 g/mol. The molecule has 1 amide bonds. The highest BCUT2D eigenvalue weighted by atomic mass is 16.4. The summed E-state index contributed by atoms with van der Waals surface area (Å²) in [5.74, 6) is -1.06. The van der Waals surface area contributed by atoms with Crippen LogP contribution >= 0.6 is 0 Å². The van der Waals surface area contributed by atoms with Crippen LogP contribution in [0.4, 0.5) is 0 Å². The molecule has 20 heavy (non-hydrogen) atoms. The second-order valence-corrected chi connectivity index (χ2v) is 6.71. The molecule has 4 heteroatoms. The number of amides is 1. The summed E-state index contributed by atoms with van der Waals surface area (Å²) in [5.41, 5.74) is 0. The fourth-order valence-electron chi connectivity index (χ4n) is 4.33. The fraction of sp³-hybridized carbons (Fsp3) is 0.750. The van der Waals surface area contributed by atoms with Gasteiger partial charge in [-0.25, -0.2) is 0 Å². The molecule has 0 heterocycles. The molecule has 3 aliphatic carbocycles. The first-order valence-electron chi connectivity index (χ1n) is 7.79. The second-order valence-electron chi connectivity index (χ2n) is 6.71. The summed E-state index contributed by atoms with van der Waals surface area (Å²) in [7, 11) is 0. The van der Waals surface area contributed by atoms with E-state index in [9.17, 15) is 14.7 Å². The monoisotopic (exact) mass is 277 g/mol. The van der Waals surface area contributed by atoms with Gasteiger partial charge in [0.05, 0.1) is 11.8 Å². The Bertz CT molecular complexity index is 445. The number of hydrogen-bond donors (Lipinski definition) is 2. The Hall–Kier alpha value is -1.32. The van der Waals surface area contributed by atoms with Gasteiger partial charge in [0.15, 0.2) is 0 Å². The van der Waals surface area contributed by atoms with Crippen LogP contribution in [0.3, 0.4) is 0 Å². The zero-order valence-corrected chi connectivity index (χ0v) is 11.9. The summed E-state index contributed by atoms with van der Waals surface area (Å²) in [5, 5.41) is 12.5. The van der Waals surface area contributed by atoms with Crippen molar-refractivity contribution in [3.8, 4) is 0 Å². The largest absolute Gasteiger partial charge is 0.481 e. The van der Waals surface area contributed by atoms with E-state index in [1.54, 1.807) is 0 Å². The van der Waals surface area contributed by atoms with Crippen LogP contribution in [-0.4, -0.2) is 23.0 Å². The van der Waals surface area contributed by atoms with Crippen molar-refractivity contribution in [1.82, 2.24) is 5.32 Å². The summed E-state index contributed by atoms with van der Waals surface area (Å²) in [6, 6.07) is 0.230. The number of aliphatic carboxylic acids is 1. The van der Waals surface area contributed by atoms with Gasteiger partial charge >= 0.3 is 5.97 Å². The van der Waals surface area contributed by atoms with Crippen LogP contribution in [0, 0.1) is 29.6 Å². The summed E-state index contributed by atoms with van der Waals surface area (Å²) < 4.78 is 0. The maximum Gasteiger partial charge on any atom is 0.307 e. The molecule has 6 atom stereocenters. The van der Waals surface area contributed by atoms with Gasteiger partial charge in [0, 0.05) is 6.04 Å². The van der Waals surface area contributed by atoms with Crippen molar-refractivity contribution in [2.45, 2.75) is 45.1 Å². The Morgan fingerprint density at radius 3 is 2.40 bits per heavy atom. The summed E-state index contributed by atoms with van der Waals surface area (Å²) in [6.07, 6.45) is 9.44. The van der Waals surface area contributed by atoms with Crippen molar-refractivity contribution in [2.24, 2.45) is 29.6 Å². The molecule has 2 fully saturated rings. The van der Waals surface area contributed by atoms with E-state index in [2.05, 4.69) is 12.2 Å². The SMILES string of the molecule is CC1CCCCC1NC(=O)[C@H]1C2C=CC(C2)[C@H]1C(=O)O. The third kappa shape index (κ3) is 2.25. The lowest BCUT2D eigenvalue weighted by Gasteiger charge is -2.32. The molecule has 0 radical (unpaired) electrons. The first-order chi connectivity index (χ1) is 9.58. The molecule has 0 aromatic carbocycles. The first-order valence-corrected chi connectivity index (χ1v) is 7.79. The standard InChI is InChI=1S/C16H23NO3/c1-9-4-2-3-5-12(9)17-15(18)13-10-6-7-11(8-10)14(13)16(19)20/h6-7,9-14H,2-5,8H2,1H3,(H,17,18)(H,19,20)/t9?,10?,11?,12?,13-,14+/m0/s1. The predicted octanol–water partition coefficient (Wildman–Crippen LogP) is 2.20. The highest BCUT2D eigenvalue weighted by molar-refractivity contribution is 5.87. The topological polar surface area (TPSA) is 66.4 Å². The number of carbonyl (C=O) groups excluding carboxylic acids is 1. The van der Waals surface area contributed by atoms with Crippen molar-refractivity contribution in [2.75, 3.05) is 0 Å². The number of carbonyl (C=O) groups is 2. The van der Waals surface area contributed by atoms with E-state index in [-0.39, 0.29) is 29.7 Å². The Morgan fingerprint density at radius 1 is 1.10 bits per heavy atom. The van der Waals surface area contributed by atoms with Crippen molar-refractivity contribution < 1.29 is 14.7 Å². The maximum absolute atomic E-state index is 12.6. The zero-order valence-electron chi connectivity index (χ0n) is 11.9. The summed E-state index contributed by atoms with van der Waals surface area (Å²) >= 11 is 0. The Balaban J connectivity index is 1.70. The first kappa shape index (κ1) is 13.7. The normalized spacial score (nSPS) is 42.6. The van der Waals surface area contributed by atoms with Crippen LogP contribution in [0.2, 0.25) is 0 Å². The zero-order chi connectivity index (χ0) is 14.3. The van der Waals surface area contributed by atoms with Crippen molar-refractivity contribution >= 4 is 11.9 Å². The fourth-order valence-corrected chi connectivity index (χ4v) is 4.33. The third-order valence-electron chi connectivity index (χ3n) is 5.49. The summed E-state index contributed by atoms with van der Waals surface area (Å²) in [6.45, 7) is 2.18. The second kappa shape index (κ2) is 5.23. The van der Waals surface area contributed by atoms with Gasteiger partial charge < -0.3 is 10.4 Å². The van der Waals surface area contributed by atoms with Crippen LogP contribution in [-0.2, 0) is 9.59 Å². The van der Waals surface area contributed by atoms with Crippen LogP contribution in [0.1, 0.15) is 39.0 Å². The Kier molecular flexibility index (Phi) is 3.57. The molecule has 4 nitrogen and oxygen atoms in total. The van der Waals surface area contributed by atoms with E-state index >= 15 is 0 Å². The quantitative estimate of drug-likeness (QED) is 0.777. The molecule has 2 saturated carbocycles.